The molecule has 2 aromatic heterocycles. The van der Waals surface area contributed by atoms with Crippen molar-refractivity contribution in [1.82, 2.24) is 24.6 Å². The monoisotopic (exact) mass is 303 g/mol. The highest BCUT2D eigenvalue weighted by Gasteiger charge is 2.22. The summed E-state index contributed by atoms with van der Waals surface area (Å²) >= 11 is 0. The molecule has 0 spiro atoms. The molecule has 1 fully saturated rings. The Kier molecular flexibility index (Phi) is 4.29. The standard InChI is InChI=1S/C16H25N5O/c1-11-12(2)22-16(17-11)10-20-7-5-6-15(8-20)9-21-14(4)18-13(3)19-21/h15H,5-10H2,1-4H3/t15-/m1/s1. The van der Waals surface area contributed by atoms with E-state index in [-0.39, 0.29) is 0 Å². The van der Waals surface area contributed by atoms with Gasteiger partial charge in [-0.2, -0.15) is 5.10 Å². The van der Waals surface area contributed by atoms with Crippen LogP contribution in [0, 0.1) is 33.6 Å². The third-order valence-corrected chi connectivity index (χ3v) is 4.43. The number of rotatable bonds is 4. The molecule has 0 N–H and O–H groups in total. The second kappa shape index (κ2) is 6.20. The lowest BCUT2D eigenvalue weighted by molar-refractivity contribution is 0.141. The van der Waals surface area contributed by atoms with Crippen molar-refractivity contribution < 1.29 is 4.42 Å². The molecule has 3 rings (SSSR count). The first-order valence-corrected chi connectivity index (χ1v) is 8.04. The molecular formula is C16H25N5O. The molecule has 0 bridgehead atoms. The van der Waals surface area contributed by atoms with E-state index in [0.717, 1.165) is 55.2 Å². The third kappa shape index (κ3) is 3.38. The van der Waals surface area contributed by atoms with Gasteiger partial charge in [0, 0.05) is 13.1 Å². The number of piperidine rings is 1. The lowest BCUT2D eigenvalue weighted by atomic mass is 9.98. The van der Waals surface area contributed by atoms with E-state index in [4.69, 9.17) is 4.42 Å². The molecule has 0 aromatic carbocycles. The number of hydrogen-bond acceptors (Lipinski definition) is 5. The average molecular weight is 303 g/mol. The molecule has 1 aliphatic heterocycles. The smallest absolute Gasteiger partial charge is 0.208 e. The van der Waals surface area contributed by atoms with Crippen molar-refractivity contribution in [3.05, 3.63) is 29.0 Å². The number of oxazole rings is 1. The molecule has 2 aromatic rings. The molecule has 1 atom stereocenters. The minimum atomic E-state index is 0.616. The van der Waals surface area contributed by atoms with Crippen LogP contribution in [0.15, 0.2) is 4.42 Å². The second-order valence-electron chi connectivity index (χ2n) is 6.38. The first-order valence-electron chi connectivity index (χ1n) is 8.04. The third-order valence-electron chi connectivity index (χ3n) is 4.43. The fourth-order valence-electron chi connectivity index (χ4n) is 3.22. The van der Waals surface area contributed by atoms with Crippen LogP contribution in [0.1, 0.15) is 41.8 Å². The highest BCUT2D eigenvalue weighted by molar-refractivity contribution is 5.05. The van der Waals surface area contributed by atoms with Gasteiger partial charge in [-0.3, -0.25) is 4.90 Å². The van der Waals surface area contributed by atoms with Crippen LogP contribution < -0.4 is 0 Å². The normalized spacial score (nSPS) is 19.7. The molecule has 1 aliphatic rings. The Morgan fingerprint density at radius 3 is 2.64 bits per heavy atom. The fraction of sp³-hybridized carbons (Fsp3) is 0.688. The largest absolute Gasteiger partial charge is 0.444 e. The summed E-state index contributed by atoms with van der Waals surface area (Å²) in [5, 5.41) is 4.48. The molecule has 0 unspecified atom stereocenters. The number of aromatic nitrogens is 4. The summed E-state index contributed by atoms with van der Waals surface area (Å²) in [6, 6.07) is 0. The van der Waals surface area contributed by atoms with Gasteiger partial charge in [0.1, 0.15) is 17.4 Å². The van der Waals surface area contributed by atoms with Gasteiger partial charge in [0.25, 0.3) is 0 Å². The number of aryl methyl sites for hydroxylation is 4. The average Bonchev–Trinajstić information content (AvgIpc) is 2.92. The molecule has 1 saturated heterocycles. The molecular weight excluding hydrogens is 278 g/mol. The van der Waals surface area contributed by atoms with Gasteiger partial charge in [0.15, 0.2) is 0 Å². The van der Waals surface area contributed by atoms with Crippen molar-refractivity contribution in [3.63, 3.8) is 0 Å². The van der Waals surface area contributed by atoms with Gasteiger partial charge < -0.3 is 4.42 Å². The minimum absolute atomic E-state index is 0.616. The zero-order valence-corrected chi connectivity index (χ0v) is 14.0. The summed E-state index contributed by atoms with van der Waals surface area (Å²) in [5.41, 5.74) is 0.997. The van der Waals surface area contributed by atoms with Gasteiger partial charge in [-0.25, -0.2) is 14.6 Å². The predicted octanol–water partition coefficient (Wildman–Crippen LogP) is 2.41. The summed E-state index contributed by atoms with van der Waals surface area (Å²) in [5.74, 6) is 4.25. The number of nitrogens with zero attached hydrogens (tertiary/aromatic N) is 5. The van der Waals surface area contributed by atoms with Crippen LogP contribution >= 0.6 is 0 Å². The summed E-state index contributed by atoms with van der Waals surface area (Å²) in [6.45, 7) is 11.9. The Labute approximate surface area is 131 Å². The molecule has 0 saturated carbocycles. The number of hydrogen-bond donors (Lipinski definition) is 0. The van der Waals surface area contributed by atoms with Crippen LogP contribution in [0.5, 0.6) is 0 Å². The zero-order valence-electron chi connectivity index (χ0n) is 14.0. The Bertz CT molecular complexity index is 626. The maximum atomic E-state index is 5.71. The first kappa shape index (κ1) is 15.2. The van der Waals surface area contributed by atoms with E-state index in [1.807, 2.05) is 32.4 Å². The summed E-state index contributed by atoms with van der Waals surface area (Å²) < 4.78 is 7.76. The van der Waals surface area contributed by atoms with Crippen molar-refractivity contribution in [2.24, 2.45) is 5.92 Å². The van der Waals surface area contributed by atoms with Crippen molar-refractivity contribution >= 4 is 0 Å². The highest BCUT2D eigenvalue weighted by Crippen LogP contribution is 2.21. The number of likely N-dealkylation sites (tertiary alicyclic amines) is 1. The summed E-state index contributed by atoms with van der Waals surface area (Å²) in [4.78, 5) is 11.3. The lowest BCUT2D eigenvalue weighted by Crippen LogP contribution is -2.37. The van der Waals surface area contributed by atoms with Crippen LogP contribution in [0.4, 0.5) is 0 Å². The second-order valence-corrected chi connectivity index (χ2v) is 6.38. The van der Waals surface area contributed by atoms with Crippen molar-refractivity contribution in [2.75, 3.05) is 13.1 Å². The Morgan fingerprint density at radius 1 is 1.18 bits per heavy atom. The molecule has 0 aliphatic carbocycles. The SMILES string of the molecule is Cc1nc(C)n(C[C@@H]2CCCN(Cc3nc(C)c(C)o3)C2)n1. The molecule has 0 amide bonds. The molecule has 3 heterocycles. The zero-order chi connectivity index (χ0) is 15.7. The molecule has 6 heteroatoms. The van der Waals surface area contributed by atoms with Gasteiger partial charge in [0.2, 0.25) is 5.89 Å². The van der Waals surface area contributed by atoms with Crippen LogP contribution in [-0.2, 0) is 13.1 Å². The fourth-order valence-corrected chi connectivity index (χ4v) is 3.22. The highest BCUT2D eigenvalue weighted by atomic mass is 16.4. The van der Waals surface area contributed by atoms with Gasteiger partial charge in [-0.1, -0.05) is 0 Å². The maximum absolute atomic E-state index is 5.71. The van der Waals surface area contributed by atoms with Gasteiger partial charge >= 0.3 is 0 Å². The lowest BCUT2D eigenvalue weighted by Gasteiger charge is -2.31. The van der Waals surface area contributed by atoms with Crippen LogP contribution in [0.3, 0.4) is 0 Å². The molecule has 6 nitrogen and oxygen atoms in total. The van der Waals surface area contributed by atoms with Crippen LogP contribution in [-0.4, -0.2) is 37.7 Å². The van der Waals surface area contributed by atoms with Crippen LogP contribution in [0.25, 0.3) is 0 Å². The van der Waals surface area contributed by atoms with E-state index in [9.17, 15) is 0 Å². The van der Waals surface area contributed by atoms with E-state index < -0.39 is 0 Å². The van der Waals surface area contributed by atoms with E-state index in [1.54, 1.807) is 0 Å². The van der Waals surface area contributed by atoms with Crippen molar-refractivity contribution in [3.8, 4) is 0 Å². The topological polar surface area (TPSA) is 60.0 Å². The Morgan fingerprint density at radius 2 is 2.00 bits per heavy atom. The van der Waals surface area contributed by atoms with E-state index in [2.05, 4.69) is 20.0 Å². The van der Waals surface area contributed by atoms with Crippen LogP contribution in [0.2, 0.25) is 0 Å². The van der Waals surface area contributed by atoms with Gasteiger partial charge in [-0.15, -0.1) is 0 Å². The molecule has 120 valence electrons. The Balaban J connectivity index is 1.60. The maximum Gasteiger partial charge on any atom is 0.208 e. The van der Waals surface area contributed by atoms with E-state index >= 15 is 0 Å². The van der Waals surface area contributed by atoms with E-state index in [1.165, 1.54) is 12.8 Å². The predicted molar refractivity (Wildman–Crippen MR) is 83.5 cm³/mol. The minimum Gasteiger partial charge on any atom is -0.444 e. The molecule has 22 heavy (non-hydrogen) atoms. The first-order chi connectivity index (χ1) is 10.5. The van der Waals surface area contributed by atoms with Gasteiger partial charge in [0.05, 0.1) is 12.2 Å². The quantitative estimate of drug-likeness (QED) is 0.868. The molecule has 0 radical (unpaired) electrons. The summed E-state index contributed by atoms with van der Waals surface area (Å²) in [6.07, 6.45) is 2.47. The van der Waals surface area contributed by atoms with E-state index in [0.29, 0.717) is 5.92 Å². The Hall–Kier alpha value is -1.69. The van der Waals surface area contributed by atoms with Gasteiger partial charge in [-0.05, 0) is 53.0 Å². The van der Waals surface area contributed by atoms with Crippen molar-refractivity contribution in [2.45, 2.75) is 53.6 Å². The summed E-state index contributed by atoms with van der Waals surface area (Å²) in [7, 11) is 0. The van der Waals surface area contributed by atoms with Crippen molar-refractivity contribution in [1.29, 1.82) is 0 Å².